The number of hydrogen-bond donors (Lipinski definition) is 1. The Morgan fingerprint density at radius 3 is 2.47 bits per heavy atom. The molecule has 6 nitrogen and oxygen atoms in total. The Hall–Kier alpha value is -0.980. The minimum Gasteiger partial charge on any atom is -0.382 e. The summed E-state index contributed by atoms with van der Waals surface area (Å²) in [6.07, 6.45) is 0. The molecule has 1 rings (SSSR count). The number of rotatable bonds is 6. The number of nitrogens with one attached hydrogen (secondary N) is 1. The standard InChI is InChI=1S/C9H16N2O4/c1-14-4-5-15-3-2-11-8(12)6-10-7-9(11)13/h10H,2-7H2,1H3. The van der Waals surface area contributed by atoms with Gasteiger partial charge in [-0.2, -0.15) is 0 Å². The molecule has 1 N–H and O–H groups in total. The average molecular weight is 216 g/mol. The molecule has 1 aliphatic rings. The maximum Gasteiger partial charge on any atom is 0.243 e. The number of carbonyl (C=O) groups is 2. The number of methoxy groups -OCH3 is 1. The van der Waals surface area contributed by atoms with Crippen LogP contribution in [0, 0.1) is 0 Å². The van der Waals surface area contributed by atoms with Gasteiger partial charge in [0.1, 0.15) is 0 Å². The second-order valence-electron chi connectivity index (χ2n) is 3.15. The van der Waals surface area contributed by atoms with Gasteiger partial charge in [0.05, 0.1) is 39.5 Å². The van der Waals surface area contributed by atoms with Gasteiger partial charge in [-0.3, -0.25) is 19.8 Å². The van der Waals surface area contributed by atoms with Crippen molar-refractivity contribution in [3.05, 3.63) is 0 Å². The Morgan fingerprint density at radius 2 is 1.87 bits per heavy atom. The van der Waals surface area contributed by atoms with Crippen LogP contribution in [0.25, 0.3) is 0 Å². The highest BCUT2D eigenvalue weighted by molar-refractivity contribution is 5.99. The molecule has 1 fully saturated rings. The monoisotopic (exact) mass is 216 g/mol. The molecule has 0 spiro atoms. The summed E-state index contributed by atoms with van der Waals surface area (Å²) in [6.45, 7) is 2.13. The van der Waals surface area contributed by atoms with Crippen molar-refractivity contribution in [1.29, 1.82) is 0 Å². The van der Waals surface area contributed by atoms with Crippen LogP contribution in [0.2, 0.25) is 0 Å². The first-order valence-electron chi connectivity index (χ1n) is 4.86. The maximum atomic E-state index is 11.3. The number of piperazine rings is 1. The van der Waals surface area contributed by atoms with Crippen molar-refractivity contribution in [3.63, 3.8) is 0 Å². The van der Waals surface area contributed by atoms with E-state index in [9.17, 15) is 9.59 Å². The minimum atomic E-state index is -0.193. The Labute approximate surface area is 88.5 Å². The lowest BCUT2D eigenvalue weighted by Crippen LogP contribution is -2.52. The molecule has 86 valence electrons. The summed E-state index contributed by atoms with van der Waals surface area (Å²) in [5.74, 6) is -0.386. The molecule has 1 saturated heterocycles. The van der Waals surface area contributed by atoms with E-state index in [4.69, 9.17) is 9.47 Å². The highest BCUT2D eigenvalue weighted by Gasteiger charge is 2.24. The molecule has 1 aliphatic heterocycles. The molecule has 15 heavy (non-hydrogen) atoms. The van der Waals surface area contributed by atoms with Crippen LogP contribution in [0.1, 0.15) is 0 Å². The Morgan fingerprint density at radius 1 is 1.20 bits per heavy atom. The van der Waals surface area contributed by atoms with Crippen LogP contribution in [-0.4, -0.2) is 63.3 Å². The fraction of sp³-hybridized carbons (Fsp3) is 0.778. The molecule has 1 heterocycles. The van der Waals surface area contributed by atoms with Crippen molar-refractivity contribution < 1.29 is 19.1 Å². The highest BCUT2D eigenvalue weighted by atomic mass is 16.5. The lowest BCUT2D eigenvalue weighted by atomic mass is 10.3. The van der Waals surface area contributed by atoms with Crippen LogP contribution in [0.3, 0.4) is 0 Å². The zero-order valence-corrected chi connectivity index (χ0v) is 8.82. The van der Waals surface area contributed by atoms with Gasteiger partial charge in [-0.1, -0.05) is 0 Å². The molecule has 0 saturated carbocycles. The van der Waals surface area contributed by atoms with E-state index in [1.165, 1.54) is 4.90 Å². The molecule has 0 aromatic rings. The number of nitrogens with zero attached hydrogens (tertiary/aromatic N) is 1. The third kappa shape index (κ3) is 3.94. The average Bonchev–Trinajstić information content (AvgIpc) is 2.21. The van der Waals surface area contributed by atoms with Gasteiger partial charge >= 0.3 is 0 Å². The summed E-state index contributed by atoms with van der Waals surface area (Å²) < 4.78 is 9.98. The van der Waals surface area contributed by atoms with Gasteiger partial charge in [-0.15, -0.1) is 0 Å². The maximum absolute atomic E-state index is 11.3. The van der Waals surface area contributed by atoms with Crippen molar-refractivity contribution in [2.24, 2.45) is 0 Å². The third-order valence-corrected chi connectivity index (χ3v) is 2.05. The van der Waals surface area contributed by atoms with Crippen molar-refractivity contribution in [1.82, 2.24) is 10.2 Å². The van der Waals surface area contributed by atoms with Crippen LogP contribution in [0.15, 0.2) is 0 Å². The van der Waals surface area contributed by atoms with Crippen LogP contribution in [0.5, 0.6) is 0 Å². The third-order valence-electron chi connectivity index (χ3n) is 2.05. The van der Waals surface area contributed by atoms with Gasteiger partial charge in [0.2, 0.25) is 11.8 Å². The highest BCUT2D eigenvalue weighted by Crippen LogP contribution is 1.96. The van der Waals surface area contributed by atoms with Gasteiger partial charge in [-0.25, -0.2) is 0 Å². The molecule has 0 atom stereocenters. The largest absolute Gasteiger partial charge is 0.382 e. The van der Waals surface area contributed by atoms with E-state index in [2.05, 4.69) is 5.32 Å². The summed E-state index contributed by atoms with van der Waals surface area (Å²) in [5, 5.41) is 2.72. The van der Waals surface area contributed by atoms with Gasteiger partial charge in [0.25, 0.3) is 0 Å². The Bertz CT molecular complexity index is 216. The Balaban J connectivity index is 2.18. The smallest absolute Gasteiger partial charge is 0.243 e. The van der Waals surface area contributed by atoms with E-state index in [0.717, 1.165) is 0 Å². The molecular weight excluding hydrogens is 200 g/mol. The zero-order chi connectivity index (χ0) is 11.1. The quantitative estimate of drug-likeness (QED) is 0.437. The first kappa shape index (κ1) is 12.1. The summed E-state index contributed by atoms with van der Waals surface area (Å²) in [5.41, 5.74) is 0. The predicted molar refractivity (Wildman–Crippen MR) is 52.3 cm³/mol. The van der Waals surface area contributed by atoms with Gasteiger partial charge < -0.3 is 9.47 Å². The fourth-order valence-corrected chi connectivity index (χ4v) is 1.26. The molecule has 0 bridgehead atoms. The SMILES string of the molecule is COCCOCCN1C(=O)CNCC1=O. The molecule has 0 aromatic heterocycles. The lowest BCUT2D eigenvalue weighted by molar-refractivity contribution is -0.147. The molecule has 0 aliphatic carbocycles. The topological polar surface area (TPSA) is 67.9 Å². The zero-order valence-electron chi connectivity index (χ0n) is 8.82. The second kappa shape index (κ2) is 6.49. The van der Waals surface area contributed by atoms with E-state index in [1.807, 2.05) is 0 Å². The second-order valence-corrected chi connectivity index (χ2v) is 3.15. The van der Waals surface area contributed by atoms with E-state index in [1.54, 1.807) is 7.11 Å². The predicted octanol–water partition coefficient (Wildman–Crippen LogP) is -1.39. The molecule has 6 heteroatoms. The normalized spacial score (nSPS) is 17.3. The number of amides is 2. The first-order valence-corrected chi connectivity index (χ1v) is 4.86. The van der Waals surface area contributed by atoms with Gasteiger partial charge in [-0.05, 0) is 0 Å². The van der Waals surface area contributed by atoms with Crippen LogP contribution >= 0.6 is 0 Å². The van der Waals surface area contributed by atoms with Gasteiger partial charge in [0, 0.05) is 7.11 Å². The lowest BCUT2D eigenvalue weighted by Gasteiger charge is -2.25. The van der Waals surface area contributed by atoms with Crippen molar-refractivity contribution in [2.75, 3.05) is 46.6 Å². The van der Waals surface area contributed by atoms with Crippen molar-refractivity contribution in [3.8, 4) is 0 Å². The summed E-state index contributed by atoms with van der Waals surface area (Å²) in [7, 11) is 1.59. The summed E-state index contributed by atoms with van der Waals surface area (Å²) in [6, 6.07) is 0. The number of carbonyl (C=O) groups excluding carboxylic acids is 2. The van der Waals surface area contributed by atoms with Crippen LogP contribution < -0.4 is 5.32 Å². The minimum absolute atomic E-state index is 0.193. The van der Waals surface area contributed by atoms with Crippen molar-refractivity contribution in [2.45, 2.75) is 0 Å². The fourth-order valence-electron chi connectivity index (χ4n) is 1.26. The van der Waals surface area contributed by atoms with E-state index >= 15 is 0 Å². The van der Waals surface area contributed by atoms with E-state index in [-0.39, 0.29) is 24.9 Å². The molecule has 0 aromatic carbocycles. The summed E-state index contributed by atoms with van der Waals surface area (Å²) in [4.78, 5) is 23.8. The molecular formula is C9H16N2O4. The molecule has 0 radical (unpaired) electrons. The Kier molecular flexibility index (Phi) is 5.23. The van der Waals surface area contributed by atoms with Crippen LogP contribution in [0.4, 0.5) is 0 Å². The number of imide groups is 1. The van der Waals surface area contributed by atoms with Gasteiger partial charge in [0.15, 0.2) is 0 Å². The van der Waals surface area contributed by atoms with E-state index < -0.39 is 0 Å². The summed E-state index contributed by atoms with van der Waals surface area (Å²) >= 11 is 0. The number of hydrogen-bond acceptors (Lipinski definition) is 5. The molecule has 2 amide bonds. The van der Waals surface area contributed by atoms with E-state index in [0.29, 0.717) is 26.4 Å². The van der Waals surface area contributed by atoms with Crippen molar-refractivity contribution >= 4 is 11.8 Å². The van der Waals surface area contributed by atoms with Crippen LogP contribution in [-0.2, 0) is 19.1 Å². The molecule has 0 unspecified atom stereocenters. The number of ether oxygens (including phenoxy) is 2. The first-order chi connectivity index (χ1) is 7.25.